The average Bonchev–Trinajstić information content (AvgIpc) is 3.39. The van der Waals surface area contributed by atoms with E-state index in [0.717, 1.165) is 13.1 Å². The molecule has 1 N–H and O–H groups in total. The Morgan fingerprint density at radius 1 is 1.11 bits per heavy atom. The van der Waals surface area contributed by atoms with Gasteiger partial charge in [0.25, 0.3) is 5.91 Å². The van der Waals surface area contributed by atoms with Gasteiger partial charge in [-0.3, -0.25) is 9.69 Å². The summed E-state index contributed by atoms with van der Waals surface area (Å²) in [6.45, 7) is 2.64. The number of methoxy groups -OCH3 is 3. The standard InChI is InChI=1S/C21H29N3O4/c1-23-9-7-8-16(23)17(24-10-5-6-11-24)14-22-21(25)15-12-18(26-2)20(28-4)19(13-15)27-3/h7-9,12-13,17H,5-6,10-11,14H2,1-4H3,(H,22,25). The van der Waals surface area contributed by atoms with E-state index in [9.17, 15) is 4.79 Å². The van der Waals surface area contributed by atoms with Crippen LogP contribution < -0.4 is 19.5 Å². The molecule has 1 amide bonds. The Labute approximate surface area is 166 Å². The van der Waals surface area contributed by atoms with Gasteiger partial charge in [-0.25, -0.2) is 0 Å². The summed E-state index contributed by atoms with van der Waals surface area (Å²) < 4.78 is 18.2. The van der Waals surface area contributed by atoms with Gasteiger partial charge < -0.3 is 24.1 Å². The van der Waals surface area contributed by atoms with Gasteiger partial charge in [-0.05, 0) is 50.2 Å². The number of ether oxygens (including phenoxy) is 3. The van der Waals surface area contributed by atoms with Crippen LogP contribution in [0.15, 0.2) is 30.5 Å². The van der Waals surface area contributed by atoms with Crippen LogP contribution in [0.25, 0.3) is 0 Å². The molecule has 3 rings (SSSR count). The van der Waals surface area contributed by atoms with Gasteiger partial charge in [0, 0.05) is 31.0 Å². The molecule has 1 unspecified atom stereocenters. The first-order valence-electron chi connectivity index (χ1n) is 9.52. The molecule has 7 nitrogen and oxygen atoms in total. The second-order valence-electron chi connectivity index (χ2n) is 6.93. The Hall–Kier alpha value is -2.67. The minimum atomic E-state index is -0.169. The zero-order valence-electron chi connectivity index (χ0n) is 17.0. The molecule has 0 aliphatic carbocycles. The Kier molecular flexibility index (Phi) is 6.46. The van der Waals surface area contributed by atoms with Crippen molar-refractivity contribution in [2.45, 2.75) is 18.9 Å². The van der Waals surface area contributed by atoms with Gasteiger partial charge in [0.1, 0.15) is 0 Å². The smallest absolute Gasteiger partial charge is 0.251 e. The fraction of sp³-hybridized carbons (Fsp3) is 0.476. The van der Waals surface area contributed by atoms with Crippen molar-refractivity contribution in [1.82, 2.24) is 14.8 Å². The molecule has 2 heterocycles. The lowest BCUT2D eigenvalue weighted by Crippen LogP contribution is -2.37. The first kappa shape index (κ1) is 20.1. The summed E-state index contributed by atoms with van der Waals surface area (Å²) in [4.78, 5) is 15.3. The second-order valence-corrected chi connectivity index (χ2v) is 6.93. The van der Waals surface area contributed by atoms with E-state index < -0.39 is 0 Å². The molecular weight excluding hydrogens is 358 g/mol. The third-order valence-corrected chi connectivity index (χ3v) is 5.29. The zero-order valence-corrected chi connectivity index (χ0v) is 17.0. The van der Waals surface area contributed by atoms with Gasteiger partial charge in [0.15, 0.2) is 11.5 Å². The molecule has 152 valence electrons. The normalized spacial score (nSPS) is 15.3. The molecule has 2 aromatic rings. The van der Waals surface area contributed by atoms with Gasteiger partial charge in [-0.1, -0.05) is 0 Å². The number of amides is 1. The van der Waals surface area contributed by atoms with Crippen LogP contribution >= 0.6 is 0 Å². The first-order chi connectivity index (χ1) is 13.6. The van der Waals surface area contributed by atoms with Crippen molar-refractivity contribution in [3.05, 3.63) is 41.7 Å². The highest BCUT2D eigenvalue weighted by molar-refractivity contribution is 5.95. The highest BCUT2D eigenvalue weighted by Gasteiger charge is 2.26. The first-order valence-corrected chi connectivity index (χ1v) is 9.52. The lowest BCUT2D eigenvalue weighted by Gasteiger charge is -2.28. The zero-order chi connectivity index (χ0) is 20.1. The van der Waals surface area contributed by atoms with Crippen molar-refractivity contribution < 1.29 is 19.0 Å². The second kappa shape index (κ2) is 9.01. The van der Waals surface area contributed by atoms with E-state index >= 15 is 0 Å². The molecule has 0 saturated carbocycles. The van der Waals surface area contributed by atoms with Gasteiger partial charge in [-0.2, -0.15) is 0 Å². The molecule has 7 heteroatoms. The fourth-order valence-corrected chi connectivity index (χ4v) is 3.80. The van der Waals surface area contributed by atoms with Gasteiger partial charge in [0.05, 0.1) is 27.4 Å². The summed E-state index contributed by atoms with van der Waals surface area (Å²) in [6, 6.07) is 7.65. The lowest BCUT2D eigenvalue weighted by molar-refractivity contribution is 0.0936. The summed E-state index contributed by atoms with van der Waals surface area (Å²) in [5.74, 6) is 1.23. The predicted octanol–water partition coefficient (Wildman–Crippen LogP) is 2.62. The van der Waals surface area contributed by atoms with Crippen LogP contribution in [0.3, 0.4) is 0 Å². The summed E-state index contributed by atoms with van der Waals surface area (Å²) in [7, 11) is 6.66. The van der Waals surface area contributed by atoms with Crippen LogP contribution in [0, 0.1) is 0 Å². The Morgan fingerprint density at radius 3 is 2.25 bits per heavy atom. The number of carbonyl (C=O) groups excluding carboxylic acids is 1. The maximum absolute atomic E-state index is 12.9. The van der Waals surface area contributed by atoms with Crippen LogP contribution in [-0.4, -0.2) is 56.3 Å². The van der Waals surface area contributed by atoms with E-state index in [1.54, 1.807) is 19.2 Å². The number of aromatic nitrogens is 1. The minimum Gasteiger partial charge on any atom is -0.493 e. The number of carbonyl (C=O) groups is 1. The van der Waals surface area contributed by atoms with E-state index in [2.05, 4.69) is 20.9 Å². The van der Waals surface area contributed by atoms with Crippen molar-refractivity contribution in [3.63, 3.8) is 0 Å². The molecular formula is C21H29N3O4. The molecule has 0 bridgehead atoms. The van der Waals surface area contributed by atoms with Gasteiger partial charge in [0.2, 0.25) is 5.75 Å². The molecule has 1 aliphatic rings. The quantitative estimate of drug-likeness (QED) is 0.754. The van der Waals surface area contributed by atoms with Crippen LogP contribution in [-0.2, 0) is 7.05 Å². The number of hydrogen-bond donors (Lipinski definition) is 1. The maximum Gasteiger partial charge on any atom is 0.251 e. The van der Waals surface area contributed by atoms with E-state index in [0.29, 0.717) is 29.4 Å². The third kappa shape index (κ3) is 4.09. The van der Waals surface area contributed by atoms with Crippen molar-refractivity contribution >= 4 is 5.91 Å². The average molecular weight is 387 g/mol. The number of benzene rings is 1. The molecule has 0 radical (unpaired) electrons. The van der Waals surface area contributed by atoms with Crippen molar-refractivity contribution in [2.75, 3.05) is 41.0 Å². The lowest BCUT2D eigenvalue weighted by atomic mass is 10.1. The third-order valence-electron chi connectivity index (χ3n) is 5.29. The van der Waals surface area contributed by atoms with E-state index in [4.69, 9.17) is 14.2 Å². The molecule has 0 spiro atoms. The van der Waals surface area contributed by atoms with Gasteiger partial charge >= 0.3 is 0 Å². The molecule has 1 atom stereocenters. The Morgan fingerprint density at radius 2 is 1.75 bits per heavy atom. The number of nitrogens with one attached hydrogen (secondary N) is 1. The Bertz CT molecular complexity index is 787. The number of nitrogens with zero attached hydrogens (tertiary/aromatic N) is 2. The number of likely N-dealkylation sites (tertiary alicyclic amines) is 1. The van der Waals surface area contributed by atoms with Gasteiger partial charge in [-0.15, -0.1) is 0 Å². The molecule has 1 fully saturated rings. The summed E-state index contributed by atoms with van der Waals surface area (Å²) in [6.07, 6.45) is 4.43. The molecule has 1 aromatic heterocycles. The van der Waals surface area contributed by atoms with Crippen molar-refractivity contribution in [3.8, 4) is 17.2 Å². The molecule has 28 heavy (non-hydrogen) atoms. The predicted molar refractivity (Wildman–Crippen MR) is 107 cm³/mol. The molecule has 1 aromatic carbocycles. The number of aryl methyl sites for hydroxylation is 1. The summed E-state index contributed by atoms with van der Waals surface area (Å²) in [5, 5.41) is 3.09. The fourth-order valence-electron chi connectivity index (χ4n) is 3.80. The largest absolute Gasteiger partial charge is 0.493 e. The Balaban J connectivity index is 1.78. The minimum absolute atomic E-state index is 0.147. The van der Waals surface area contributed by atoms with Crippen LogP contribution in [0.5, 0.6) is 17.2 Å². The van der Waals surface area contributed by atoms with Crippen molar-refractivity contribution in [1.29, 1.82) is 0 Å². The molecule has 1 saturated heterocycles. The van der Waals surface area contributed by atoms with E-state index in [-0.39, 0.29) is 11.9 Å². The monoisotopic (exact) mass is 387 g/mol. The summed E-state index contributed by atoms with van der Waals surface area (Å²) in [5.41, 5.74) is 1.67. The SMILES string of the molecule is COc1cc(C(=O)NCC(c2cccn2C)N2CCCC2)cc(OC)c1OC. The van der Waals surface area contributed by atoms with Crippen LogP contribution in [0.1, 0.15) is 34.9 Å². The summed E-state index contributed by atoms with van der Waals surface area (Å²) >= 11 is 0. The van der Waals surface area contributed by atoms with E-state index in [1.165, 1.54) is 32.8 Å². The highest BCUT2D eigenvalue weighted by atomic mass is 16.5. The highest BCUT2D eigenvalue weighted by Crippen LogP contribution is 2.38. The topological polar surface area (TPSA) is 65.0 Å². The van der Waals surface area contributed by atoms with E-state index in [1.807, 2.05) is 19.3 Å². The number of rotatable bonds is 8. The molecule has 1 aliphatic heterocycles. The number of hydrogen-bond acceptors (Lipinski definition) is 5. The maximum atomic E-state index is 12.9. The van der Waals surface area contributed by atoms with Crippen LogP contribution in [0.2, 0.25) is 0 Å². The van der Waals surface area contributed by atoms with Crippen LogP contribution in [0.4, 0.5) is 0 Å². The van der Waals surface area contributed by atoms with Crippen molar-refractivity contribution in [2.24, 2.45) is 7.05 Å².